The monoisotopic (exact) mass is 381 g/mol. The number of ether oxygens (including phenoxy) is 2. The first kappa shape index (κ1) is 18.8. The third kappa shape index (κ3) is 4.07. The average Bonchev–Trinajstić information content (AvgIpc) is 3.06. The number of H-pyrrole nitrogens is 1. The van der Waals surface area contributed by atoms with Gasteiger partial charge in [0.2, 0.25) is 0 Å². The lowest BCUT2D eigenvalue weighted by Crippen LogP contribution is -1.99. The van der Waals surface area contributed by atoms with Crippen LogP contribution in [0.2, 0.25) is 5.02 Å². The van der Waals surface area contributed by atoms with Crippen LogP contribution in [0, 0.1) is 18.3 Å². The molecule has 0 bridgehead atoms. The molecule has 3 rings (SSSR count). The molecule has 0 aliphatic heterocycles. The number of aromatic amines is 1. The van der Waals surface area contributed by atoms with Gasteiger partial charge in [-0.2, -0.15) is 5.26 Å². The lowest BCUT2D eigenvalue weighted by Gasteiger charge is -2.12. The van der Waals surface area contributed by atoms with Gasteiger partial charge in [-0.1, -0.05) is 17.7 Å². The Bertz CT molecular complexity index is 1050. The van der Waals surface area contributed by atoms with E-state index in [0.29, 0.717) is 46.7 Å². The van der Waals surface area contributed by atoms with Crippen LogP contribution in [0.1, 0.15) is 30.8 Å². The predicted molar refractivity (Wildman–Crippen MR) is 108 cm³/mol. The van der Waals surface area contributed by atoms with Gasteiger partial charge in [0, 0.05) is 6.07 Å². The van der Waals surface area contributed by atoms with E-state index in [2.05, 4.69) is 16.0 Å². The summed E-state index contributed by atoms with van der Waals surface area (Å²) in [6.45, 7) is 6.81. The lowest BCUT2D eigenvalue weighted by molar-refractivity contribution is 0.288. The molecule has 0 unspecified atom stereocenters. The zero-order valence-electron chi connectivity index (χ0n) is 15.5. The van der Waals surface area contributed by atoms with Crippen molar-refractivity contribution >= 4 is 34.3 Å². The number of aromatic nitrogens is 2. The molecule has 1 heterocycles. The number of benzene rings is 2. The summed E-state index contributed by atoms with van der Waals surface area (Å²) >= 11 is 6.41. The van der Waals surface area contributed by atoms with Crippen molar-refractivity contribution in [1.82, 2.24) is 9.97 Å². The van der Waals surface area contributed by atoms with Crippen molar-refractivity contribution in [1.29, 1.82) is 5.26 Å². The maximum Gasteiger partial charge on any atom is 0.162 e. The van der Waals surface area contributed by atoms with E-state index >= 15 is 0 Å². The van der Waals surface area contributed by atoms with E-state index in [4.69, 9.17) is 21.1 Å². The van der Waals surface area contributed by atoms with Gasteiger partial charge in [0.05, 0.1) is 34.8 Å². The summed E-state index contributed by atoms with van der Waals surface area (Å²) in [6, 6.07) is 11.6. The molecule has 6 heteroatoms. The Morgan fingerprint density at radius 3 is 2.56 bits per heavy atom. The maximum atomic E-state index is 9.65. The Kier molecular flexibility index (Phi) is 5.68. The van der Waals surface area contributed by atoms with E-state index in [1.54, 1.807) is 18.2 Å². The fourth-order valence-electron chi connectivity index (χ4n) is 2.76. The molecule has 0 saturated carbocycles. The summed E-state index contributed by atoms with van der Waals surface area (Å²) in [5.41, 5.74) is 3.87. The van der Waals surface area contributed by atoms with Gasteiger partial charge in [0.1, 0.15) is 11.9 Å². The highest BCUT2D eigenvalue weighted by atomic mass is 35.5. The second-order valence-corrected chi connectivity index (χ2v) is 6.37. The molecule has 0 aliphatic carbocycles. The predicted octanol–water partition coefficient (Wildman–Crippen LogP) is 5.39. The Labute approximate surface area is 163 Å². The van der Waals surface area contributed by atoms with E-state index in [9.17, 15) is 5.26 Å². The van der Waals surface area contributed by atoms with Crippen molar-refractivity contribution in [3.63, 3.8) is 0 Å². The van der Waals surface area contributed by atoms with Crippen molar-refractivity contribution in [3.8, 4) is 17.6 Å². The molecular weight excluding hydrogens is 362 g/mol. The molecular formula is C21H20ClN3O2. The van der Waals surface area contributed by atoms with Crippen molar-refractivity contribution in [2.45, 2.75) is 20.8 Å². The molecule has 5 nitrogen and oxygen atoms in total. The molecule has 0 radical (unpaired) electrons. The Morgan fingerprint density at radius 2 is 1.89 bits per heavy atom. The minimum atomic E-state index is 0.386. The normalized spacial score (nSPS) is 11.4. The number of imidazole rings is 1. The number of hydrogen-bond donors (Lipinski definition) is 1. The summed E-state index contributed by atoms with van der Waals surface area (Å²) in [7, 11) is 0. The van der Waals surface area contributed by atoms with Gasteiger partial charge in [-0.15, -0.1) is 0 Å². The van der Waals surface area contributed by atoms with E-state index in [1.165, 1.54) is 0 Å². The summed E-state index contributed by atoms with van der Waals surface area (Å²) in [5, 5.41) is 10.1. The number of halogens is 1. The highest BCUT2D eigenvalue weighted by Crippen LogP contribution is 2.35. The molecule has 27 heavy (non-hydrogen) atoms. The van der Waals surface area contributed by atoms with E-state index in [0.717, 1.165) is 16.6 Å². The van der Waals surface area contributed by atoms with Crippen LogP contribution in [0.5, 0.6) is 11.5 Å². The molecule has 0 saturated heterocycles. The molecule has 0 spiro atoms. The number of nitrogens with zero attached hydrogens (tertiary/aromatic N) is 2. The zero-order valence-corrected chi connectivity index (χ0v) is 16.2. The fraction of sp³-hybridized carbons (Fsp3) is 0.238. The number of hydrogen-bond acceptors (Lipinski definition) is 4. The standard InChI is InChI=1S/C21H20ClN3O2/c1-4-26-19-10-14(16(22)11-20(19)27-5-2)9-15(12-23)21-24-17-7-6-13(3)8-18(17)25-21/h6-11H,4-5H2,1-3H3,(H,24,25). The molecule has 0 aliphatic rings. The summed E-state index contributed by atoms with van der Waals surface area (Å²) in [5.74, 6) is 1.67. The third-order valence-corrected chi connectivity index (χ3v) is 4.30. The summed E-state index contributed by atoms with van der Waals surface area (Å²) in [6.07, 6.45) is 1.70. The number of nitriles is 1. The largest absolute Gasteiger partial charge is 0.490 e. The minimum absolute atomic E-state index is 0.386. The van der Waals surface area contributed by atoms with Crippen LogP contribution < -0.4 is 9.47 Å². The van der Waals surface area contributed by atoms with Gasteiger partial charge in [0.15, 0.2) is 11.5 Å². The molecule has 138 valence electrons. The minimum Gasteiger partial charge on any atom is -0.490 e. The van der Waals surface area contributed by atoms with Gasteiger partial charge in [-0.25, -0.2) is 4.98 Å². The van der Waals surface area contributed by atoms with Crippen molar-refractivity contribution in [3.05, 3.63) is 52.3 Å². The number of aryl methyl sites for hydroxylation is 1. The quantitative estimate of drug-likeness (QED) is 0.581. The van der Waals surface area contributed by atoms with E-state index in [1.807, 2.05) is 39.0 Å². The SMILES string of the molecule is CCOc1cc(Cl)c(C=C(C#N)c2nc3ccc(C)cc3[nH]2)cc1OCC. The topological polar surface area (TPSA) is 70.9 Å². The van der Waals surface area contributed by atoms with Crippen LogP contribution in [-0.2, 0) is 0 Å². The van der Waals surface area contributed by atoms with Gasteiger partial charge >= 0.3 is 0 Å². The van der Waals surface area contributed by atoms with Gasteiger partial charge < -0.3 is 14.5 Å². The number of allylic oxidation sites excluding steroid dienone is 1. The van der Waals surface area contributed by atoms with E-state index in [-0.39, 0.29) is 0 Å². The van der Waals surface area contributed by atoms with Gasteiger partial charge in [0.25, 0.3) is 0 Å². The van der Waals surface area contributed by atoms with Crippen LogP contribution >= 0.6 is 11.6 Å². The third-order valence-electron chi connectivity index (χ3n) is 3.98. The number of rotatable bonds is 6. The van der Waals surface area contributed by atoms with Crippen molar-refractivity contribution in [2.75, 3.05) is 13.2 Å². The maximum absolute atomic E-state index is 9.65. The first-order valence-corrected chi connectivity index (χ1v) is 9.11. The molecule has 0 fully saturated rings. The average molecular weight is 382 g/mol. The Morgan fingerprint density at radius 1 is 1.19 bits per heavy atom. The Hall–Kier alpha value is -2.97. The van der Waals surface area contributed by atoms with Crippen LogP contribution in [0.4, 0.5) is 0 Å². The number of nitrogens with one attached hydrogen (secondary N) is 1. The fourth-order valence-corrected chi connectivity index (χ4v) is 2.97. The van der Waals surface area contributed by atoms with Gasteiger partial charge in [-0.3, -0.25) is 0 Å². The first-order valence-electron chi connectivity index (χ1n) is 8.73. The molecule has 1 N–H and O–H groups in total. The second-order valence-electron chi connectivity index (χ2n) is 5.96. The van der Waals surface area contributed by atoms with Crippen molar-refractivity contribution in [2.24, 2.45) is 0 Å². The smallest absolute Gasteiger partial charge is 0.162 e. The highest BCUT2D eigenvalue weighted by Gasteiger charge is 2.13. The number of fused-ring (bicyclic) bond motifs is 1. The molecule has 2 aromatic carbocycles. The first-order chi connectivity index (χ1) is 13.0. The molecule has 1 aromatic heterocycles. The van der Waals surface area contributed by atoms with Crippen LogP contribution in [-0.4, -0.2) is 23.2 Å². The molecule has 0 atom stereocenters. The Balaban J connectivity index is 2.06. The van der Waals surface area contributed by atoms with Crippen molar-refractivity contribution < 1.29 is 9.47 Å². The van der Waals surface area contributed by atoms with Crippen LogP contribution in [0.25, 0.3) is 22.7 Å². The second kappa shape index (κ2) is 8.15. The van der Waals surface area contributed by atoms with E-state index < -0.39 is 0 Å². The van der Waals surface area contributed by atoms with Crippen LogP contribution in [0.15, 0.2) is 30.3 Å². The van der Waals surface area contributed by atoms with Gasteiger partial charge in [-0.05, 0) is 56.2 Å². The lowest BCUT2D eigenvalue weighted by atomic mass is 10.1. The summed E-state index contributed by atoms with van der Waals surface area (Å²) in [4.78, 5) is 7.71. The van der Waals surface area contributed by atoms with Crippen LogP contribution in [0.3, 0.4) is 0 Å². The molecule has 0 amide bonds. The molecule has 3 aromatic rings. The highest BCUT2D eigenvalue weighted by molar-refractivity contribution is 6.32. The zero-order chi connectivity index (χ0) is 19.4. The summed E-state index contributed by atoms with van der Waals surface area (Å²) < 4.78 is 11.2.